The monoisotopic (exact) mass is 114 g/mol. The predicted octanol–water partition coefficient (Wildman–Crippen LogP) is 2.46. The molecule has 0 unspecified atom stereocenters. The van der Waals surface area contributed by atoms with Gasteiger partial charge in [0.1, 0.15) is 0 Å². The van der Waals surface area contributed by atoms with Crippen molar-refractivity contribution in [2.75, 3.05) is 0 Å². The van der Waals surface area contributed by atoms with Crippen molar-refractivity contribution in [2.24, 2.45) is 0 Å². The third-order valence-electron chi connectivity index (χ3n) is 1.16. The standard InChI is InChI=1S/C6H7Cl/c1-2-5-3-4-6(5)7/h2,4H,3H2,1H3/b5-2-. The molecule has 0 N–H and O–H groups in total. The lowest BCUT2D eigenvalue weighted by atomic mass is 10.0. The summed E-state index contributed by atoms with van der Waals surface area (Å²) >= 11 is 5.61. The maximum Gasteiger partial charge on any atom is 0.0401 e. The number of hydrogen-bond donors (Lipinski definition) is 0. The molecule has 0 saturated heterocycles. The van der Waals surface area contributed by atoms with Crippen molar-refractivity contribution in [1.29, 1.82) is 0 Å². The minimum absolute atomic E-state index is 0.933. The summed E-state index contributed by atoms with van der Waals surface area (Å²) in [5, 5.41) is 0.933. The molecule has 0 radical (unpaired) electrons. The Bertz CT molecular complexity index is 131. The predicted molar refractivity (Wildman–Crippen MR) is 32.3 cm³/mol. The summed E-state index contributed by atoms with van der Waals surface area (Å²) in [5.74, 6) is 0. The van der Waals surface area contributed by atoms with Gasteiger partial charge in [0.25, 0.3) is 0 Å². The van der Waals surface area contributed by atoms with Crippen molar-refractivity contribution in [3.63, 3.8) is 0 Å². The van der Waals surface area contributed by atoms with Crippen LogP contribution in [0, 0.1) is 0 Å². The van der Waals surface area contributed by atoms with E-state index in [9.17, 15) is 0 Å². The first-order chi connectivity index (χ1) is 3.34. The molecule has 1 aliphatic carbocycles. The molecule has 0 aromatic carbocycles. The lowest BCUT2D eigenvalue weighted by Gasteiger charge is -2.10. The molecular formula is C6H7Cl. The number of hydrogen-bond acceptors (Lipinski definition) is 0. The Morgan fingerprint density at radius 2 is 2.57 bits per heavy atom. The molecule has 38 valence electrons. The largest absolute Gasteiger partial charge is 0.0844 e. The van der Waals surface area contributed by atoms with E-state index in [-0.39, 0.29) is 0 Å². The molecule has 0 heterocycles. The van der Waals surface area contributed by atoms with E-state index in [4.69, 9.17) is 11.6 Å². The van der Waals surface area contributed by atoms with Crippen molar-refractivity contribution in [3.8, 4) is 0 Å². The first-order valence-electron chi connectivity index (χ1n) is 2.36. The molecular weight excluding hydrogens is 108 g/mol. The molecule has 0 aromatic rings. The Kier molecular flexibility index (Phi) is 1.20. The van der Waals surface area contributed by atoms with E-state index >= 15 is 0 Å². The second-order valence-corrected chi connectivity index (χ2v) is 1.98. The molecule has 0 bridgehead atoms. The minimum atomic E-state index is 0.933. The van der Waals surface area contributed by atoms with E-state index in [0.717, 1.165) is 11.5 Å². The van der Waals surface area contributed by atoms with Crippen LogP contribution in [0.25, 0.3) is 0 Å². The number of allylic oxidation sites excluding steroid dienone is 4. The van der Waals surface area contributed by atoms with E-state index in [2.05, 4.69) is 0 Å². The van der Waals surface area contributed by atoms with Crippen LogP contribution in [0.4, 0.5) is 0 Å². The van der Waals surface area contributed by atoms with Gasteiger partial charge in [0.2, 0.25) is 0 Å². The van der Waals surface area contributed by atoms with E-state index in [1.807, 2.05) is 19.1 Å². The molecule has 0 fully saturated rings. The van der Waals surface area contributed by atoms with Crippen LogP contribution < -0.4 is 0 Å². The van der Waals surface area contributed by atoms with Gasteiger partial charge in [0, 0.05) is 5.03 Å². The Morgan fingerprint density at radius 3 is 2.57 bits per heavy atom. The quantitative estimate of drug-likeness (QED) is 0.454. The molecule has 0 saturated carbocycles. The van der Waals surface area contributed by atoms with E-state index < -0.39 is 0 Å². The maximum absolute atomic E-state index is 5.61. The average Bonchev–Trinajstić information content (AvgIpc) is 1.65. The van der Waals surface area contributed by atoms with Crippen LogP contribution in [0.5, 0.6) is 0 Å². The van der Waals surface area contributed by atoms with Gasteiger partial charge in [-0.2, -0.15) is 0 Å². The fraction of sp³-hybridized carbons (Fsp3) is 0.333. The van der Waals surface area contributed by atoms with Gasteiger partial charge in [-0.3, -0.25) is 0 Å². The Balaban J connectivity index is 2.70. The van der Waals surface area contributed by atoms with Gasteiger partial charge in [-0.05, 0) is 18.9 Å². The van der Waals surface area contributed by atoms with Gasteiger partial charge in [-0.15, -0.1) is 0 Å². The summed E-state index contributed by atoms with van der Waals surface area (Å²) in [7, 11) is 0. The van der Waals surface area contributed by atoms with Gasteiger partial charge < -0.3 is 0 Å². The minimum Gasteiger partial charge on any atom is -0.0844 e. The van der Waals surface area contributed by atoms with Crippen LogP contribution in [0.15, 0.2) is 22.8 Å². The normalized spacial score (nSPS) is 24.3. The van der Waals surface area contributed by atoms with Crippen molar-refractivity contribution in [1.82, 2.24) is 0 Å². The first kappa shape index (κ1) is 4.92. The highest BCUT2D eigenvalue weighted by atomic mass is 35.5. The molecule has 1 rings (SSSR count). The molecule has 0 nitrogen and oxygen atoms in total. The zero-order valence-electron chi connectivity index (χ0n) is 4.24. The highest BCUT2D eigenvalue weighted by Crippen LogP contribution is 2.28. The van der Waals surface area contributed by atoms with E-state index in [0.29, 0.717) is 0 Å². The van der Waals surface area contributed by atoms with E-state index in [1.165, 1.54) is 5.57 Å². The summed E-state index contributed by atoms with van der Waals surface area (Å²) in [5.41, 5.74) is 1.28. The second kappa shape index (κ2) is 1.71. The molecule has 0 atom stereocenters. The summed E-state index contributed by atoms with van der Waals surface area (Å²) in [6.07, 6.45) is 5.12. The van der Waals surface area contributed by atoms with Crippen LogP contribution in [0.1, 0.15) is 13.3 Å². The molecule has 1 aliphatic rings. The summed E-state index contributed by atoms with van der Waals surface area (Å²) < 4.78 is 0. The molecule has 0 amide bonds. The molecule has 0 aliphatic heterocycles. The second-order valence-electron chi connectivity index (χ2n) is 1.57. The van der Waals surface area contributed by atoms with Crippen molar-refractivity contribution >= 4 is 11.6 Å². The highest BCUT2D eigenvalue weighted by Gasteiger charge is 2.06. The third kappa shape index (κ3) is 0.707. The smallest absolute Gasteiger partial charge is 0.0401 e. The maximum atomic E-state index is 5.61. The third-order valence-corrected chi connectivity index (χ3v) is 1.55. The highest BCUT2D eigenvalue weighted by molar-refractivity contribution is 6.33. The molecule has 7 heavy (non-hydrogen) atoms. The van der Waals surface area contributed by atoms with Gasteiger partial charge in [-0.25, -0.2) is 0 Å². The van der Waals surface area contributed by atoms with Gasteiger partial charge >= 0.3 is 0 Å². The van der Waals surface area contributed by atoms with Crippen molar-refractivity contribution < 1.29 is 0 Å². The van der Waals surface area contributed by atoms with Crippen LogP contribution in [0.3, 0.4) is 0 Å². The molecule has 0 aromatic heterocycles. The zero-order valence-corrected chi connectivity index (χ0v) is 5.00. The van der Waals surface area contributed by atoms with Gasteiger partial charge in [0.15, 0.2) is 0 Å². The summed E-state index contributed by atoms with van der Waals surface area (Å²) in [6, 6.07) is 0. The summed E-state index contributed by atoms with van der Waals surface area (Å²) in [4.78, 5) is 0. The van der Waals surface area contributed by atoms with Gasteiger partial charge in [-0.1, -0.05) is 23.8 Å². The average molecular weight is 115 g/mol. The fourth-order valence-electron chi connectivity index (χ4n) is 0.553. The Morgan fingerprint density at radius 1 is 1.86 bits per heavy atom. The van der Waals surface area contributed by atoms with E-state index in [1.54, 1.807) is 0 Å². The van der Waals surface area contributed by atoms with Crippen LogP contribution in [0.2, 0.25) is 0 Å². The number of halogens is 1. The SMILES string of the molecule is C/C=C1/CC=C1Cl. The number of rotatable bonds is 0. The molecule has 0 spiro atoms. The Hall–Kier alpha value is -0.230. The van der Waals surface area contributed by atoms with Crippen molar-refractivity contribution in [2.45, 2.75) is 13.3 Å². The lowest BCUT2D eigenvalue weighted by Crippen LogP contribution is -1.90. The lowest BCUT2D eigenvalue weighted by molar-refractivity contribution is 1.16. The van der Waals surface area contributed by atoms with Crippen LogP contribution in [-0.4, -0.2) is 0 Å². The fourth-order valence-corrected chi connectivity index (χ4v) is 0.816. The Labute approximate surface area is 48.5 Å². The van der Waals surface area contributed by atoms with Crippen LogP contribution >= 0.6 is 11.6 Å². The summed E-state index contributed by atoms with van der Waals surface area (Å²) in [6.45, 7) is 2.00. The van der Waals surface area contributed by atoms with Crippen molar-refractivity contribution in [3.05, 3.63) is 22.8 Å². The topological polar surface area (TPSA) is 0 Å². The zero-order chi connectivity index (χ0) is 5.28. The first-order valence-corrected chi connectivity index (χ1v) is 2.73. The molecule has 1 heteroatoms. The van der Waals surface area contributed by atoms with Gasteiger partial charge in [0.05, 0.1) is 0 Å². The van der Waals surface area contributed by atoms with Crippen LogP contribution in [-0.2, 0) is 0 Å².